The van der Waals surface area contributed by atoms with Crippen LogP contribution in [0.15, 0.2) is 41.2 Å². The van der Waals surface area contributed by atoms with E-state index >= 15 is 0 Å². The Hall–Kier alpha value is -1.54. The molecule has 2 aromatic carbocycles. The average molecular weight is 419 g/mol. The van der Waals surface area contributed by atoms with Gasteiger partial charge in [0.25, 0.3) is 5.56 Å². The average Bonchev–Trinajstić information content (AvgIpc) is 2.42. The minimum absolute atomic E-state index is 0.139. The topological polar surface area (TPSA) is 34.9 Å². The molecule has 0 N–H and O–H groups in total. The number of hydrogen-bond donors (Lipinski definition) is 0. The van der Waals surface area contributed by atoms with Crippen molar-refractivity contribution < 1.29 is 8.78 Å². The summed E-state index contributed by atoms with van der Waals surface area (Å²) in [6.45, 7) is 0. The second-order valence-electron chi connectivity index (χ2n) is 4.28. The first-order valence-corrected chi connectivity index (χ1v) is 7.26. The summed E-state index contributed by atoms with van der Waals surface area (Å²) in [5, 5.41) is 0.134. The number of hydrogen-bond acceptors (Lipinski definition) is 2. The third-order valence-electron chi connectivity index (χ3n) is 2.94. The first kappa shape index (κ1) is 14.4. The van der Waals surface area contributed by atoms with Crippen molar-refractivity contribution in [2.24, 2.45) is 0 Å². The number of aromatic nitrogens is 2. The first-order valence-electron chi connectivity index (χ1n) is 5.80. The third-order valence-corrected chi connectivity index (χ3v) is 3.86. The van der Waals surface area contributed by atoms with Crippen LogP contribution in [-0.2, 0) is 0 Å². The summed E-state index contributed by atoms with van der Waals surface area (Å²) < 4.78 is 28.6. The molecule has 0 aliphatic rings. The molecule has 0 atom stereocenters. The molecule has 3 aromatic rings. The summed E-state index contributed by atoms with van der Waals surface area (Å²) in [4.78, 5) is 16.6. The van der Waals surface area contributed by atoms with E-state index < -0.39 is 17.2 Å². The Morgan fingerprint density at radius 1 is 1.14 bits per heavy atom. The zero-order valence-corrected chi connectivity index (χ0v) is 13.2. The molecule has 3 rings (SSSR count). The number of halogens is 4. The van der Waals surface area contributed by atoms with E-state index in [2.05, 4.69) is 27.6 Å². The normalized spacial score (nSPS) is 11.0. The molecule has 0 amide bonds. The molecule has 21 heavy (non-hydrogen) atoms. The SMILES string of the molecule is O=c1c2cc(I)ccc2nc(Cl)n1-c1ccc(F)cc1F. The second-order valence-corrected chi connectivity index (χ2v) is 5.86. The summed E-state index contributed by atoms with van der Waals surface area (Å²) in [7, 11) is 0. The van der Waals surface area contributed by atoms with Crippen LogP contribution in [0.1, 0.15) is 0 Å². The Labute approximate surface area is 136 Å². The fourth-order valence-electron chi connectivity index (χ4n) is 2.00. The summed E-state index contributed by atoms with van der Waals surface area (Å²) >= 11 is 8.04. The lowest BCUT2D eigenvalue weighted by Crippen LogP contribution is -2.21. The molecule has 106 valence electrons. The van der Waals surface area contributed by atoms with E-state index in [0.29, 0.717) is 17.0 Å². The Bertz CT molecular complexity index is 927. The number of benzene rings is 2. The van der Waals surface area contributed by atoms with Gasteiger partial charge in [-0.2, -0.15) is 0 Å². The third kappa shape index (κ3) is 2.53. The van der Waals surface area contributed by atoms with E-state index in [1.54, 1.807) is 18.2 Å². The van der Waals surface area contributed by atoms with Crippen LogP contribution in [0.2, 0.25) is 5.28 Å². The molecule has 7 heteroatoms. The molecule has 0 saturated carbocycles. The zero-order valence-electron chi connectivity index (χ0n) is 10.3. The zero-order chi connectivity index (χ0) is 15.1. The molecular weight excluding hydrogens is 413 g/mol. The molecule has 0 saturated heterocycles. The van der Waals surface area contributed by atoms with Crippen LogP contribution in [0.4, 0.5) is 8.78 Å². The molecule has 3 nitrogen and oxygen atoms in total. The van der Waals surface area contributed by atoms with E-state index in [1.807, 2.05) is 0 Å². The predicted molar refractivity (Wildman–Crippen MR) is 85.0 cm³/mol. The Morgan fingerprint density at radius 3 is 2.62 bits per heavy atom. The van der Waals surface area contributed by atoms with E-state index in [1.165, 1.54) is 0 Å². The Balaban J connectivity index is 2.40. The quantitative estimate of drug-likeness (QED) is 0.443. The monoisotopic (exact) mass is 418 g/mol. The highest BCUT2D eigenvalue weighted by molar-refractivity contribution is 14.1. The highest BCUT2D eigenvalue weighted by Gasteiger charge is 2.15. The van der Waals surface area contributed by atoms with Crippen LogP contribution in [0, 0.1) is 15.2 Å². The van der Waals surface area contributed by atoms with E-state index in [0.717, 1.165) is 20.3 Å². The maximum absolute atomic E-state index is 13.9. The van der Waals surface area contributed by atoms with Crippen LogP contribution in [0.3, 0.4) is 0 Å². The Kier molecular flexibility index (Phi) is 3.66. The van der Waals surface area contributed by atoms with Gasteiger partial charge in [-0.1, -0.05) is 0 Å². The smallest absolute Gasteiger partial charge is 0.267 e. The highest BCUT2D eigenvalue weighted by Crippen LogP contribution is 2.20. The molecule has 0 fully saturated rings. The van der Waals surface area contributed by atoms with Crippen LogP contribution in [0.25, 0.3) is 16.6 Å². The molecule has 0 radical (unpaired) electrons. The van der Waals surface area contributed by atoms with Crippen molar-refractivity contribution in [1.82, 2.24) is 9.55 Å². The van der Waals surface area contributed by atoms with Gasteiger partial charge in [0.15, 0.2) is 0 Å². The van der Waals surface area contributed by atoms with Crippen LogP contribution >= 0.6 is 34.2 Å². The maximum Gasteiger partial charge on any atom is 0.267 e. The highest BCUT2D eigenvalue weighted by atomic mass is 127. The van der Waals surface area contributed by atoms with Gasteiger partial charge in [-0.3, -0.25) is 4.79 Å². The molecule has 0 spiro atoms. The van der Waals surface area contributed by atoms with E-state index in [4.69, 9.17) is 11.6 Å². The van der Waals surface area contributed by atoms with Crippen molar-refractivity contribution in [2.75, 3.05) is 0 Å². The Morgan fingerprint density at radius 2 is 1.90 bits per heavy atom. The fourth-order valence-corrected chi connectivity index (χ4v) is 2.75. The van der Waals surface area contributed by atoms with Gasteiger partial charge in [0.1, 0.15) is 11.6 Å². The van der Waals surface area contributed by atoms with Gasteiger partial charge in [0, 0.05) is 9.64 Å². The van der Waals surface area contributed by atoms with Crippen molar-refractivity contribution >= 4 is 45.1 Å². The molecule has 0 aliphatic heterocycles. The molecule has 1 aromatic heterocycles. The van der Waals surface area contributed by atoms with Gasteiger partial charge in [-0.05, 0) is 64.5 Å². The minimum Gasteiger partial charge on any atom is -0.268 e. The lowest BCUT2D eigenvalue weighted by molar-refractivity contribution is 0.576. The molecule has 0 aliphatic carbocycles. The molecule has 0 bridgehead atoms. The molecule has 1 heterocycles. The largest absolute Gasteiger partial charge is 0.268 e. The first-order chi connectivity index (χ1) is 9.97. The minimum atomic E-state index is -0.884. The van der Waals surface area contributed by atoms with Gasteiger partial charge in [0.05, 0.1) is 16.6 Å². The number of rotatable bonds is 1. The van der Waals surface area contributed by atoms with E-state index in [-0.39, 0.29) is 11.0 Å². The van der Waals surface area contributed by atoms with Crippen molar-refractivity contribution in [3.05, 3.63) is 67.2 Å². The number of nitrogens with zero attached hydrogens (tertiary/aromatic N) is 2. The van der Waals surface area contributed by atoms with Gasteiger partial charge in [-0.15, -0.1) is 0 Å². The van der Waals surface area contributed by atoms with Crippen LogP contribution in [0.5, 0.6) is 0 Å². The fraction of sp³-hybridized carbons (Fsp3) is 0. The standard InChI is InChI=1S/C14H6ClF2IN2O/c15-14-19-11-3-2-8(18)6-9(11)13(21)20(14)12-4-1-7(16)5-10(12)17/h1-6H. The second kappa shape index (κ2) is 5.34. The van der Waals surface area contributed by atoms with E-state index in [9.17, 15) is 13.6 Å². The van der Waals surface area contributed by atoms with Crippen LogP contribution in [-0.4, -0.2) is 9.55 Å². The van der Waals surface area contributed by atoms with Crippen molar-refractivity contribution in [1.29, 1.82) is 0 Å². The van der Waals surface area contributed by atoms with Gasteiger partial charge in [-0.25, -0.2) is 18.3 Å². The van der Waals surface area contributed by atoms with Gasteiger partial charge >= 0.3 is 0 Å². The molecular formula is C14H6ClF2IN2O. The van der Waals surface area contributed by atoms with Crippen molar-refractivity contribution in [2.45, 2.75) is 0 Å². The summed E-state index contributed by atoms with van der Waals surface area (Å²) in [5.74, 6) is -1.62. The summed E-state index contributed by atoms with van der Waals surface area (Å²) in [5.41, 5.74) is -0.224. The number of fused-ring (bicyclic) bond motifs is 1. The van der Waals surface area contributed by atoms with Gasteiger partial charge in [0.2, 0.25) is 5.28 Å². The summed E-state index contributed by atoms with van der Waals surface area (Å²) in [6.07, 6.45) is 0. The lowest BCUT2D eigenvalue weighted by atomic mass is 10.2. The summed E-state index contributed by atoms with van der Waals surface area (Å²) in [6, 6.07) is 7.99. The van der Waals surface area contributed by atoms with Gasteiger partial charge < -0.3 is 0 Å². The lowest BCUT2D eigenvalue weighted by Gasteiger charge is -2.10. The van der Waals surface area contributed by atoms with Crippen molar-refractivity contribution in [3.8, 4) is 5.69 Å². The predicted octanol–water partition coefficient (Wildman–Crippen LogP) is 3.92. The maximum atomic E-state index is 13.9. The van der Waals surface area contributed by atoms with Crippen LogP contribution < -0.4 is 5.56 Å². The van der Waals surface area contributed by atoms with Crippen molar-refractivity contribution in [3.63, 3.8) is 0 Å². The molecule has 0 unspecified atom stereocenters.